The summed E-state index contributed by atoms with van der Waals surface area (Å²) >= 11 is 0. The Morgan fingerprint density at radius 1 is 1.00 bits per heavy atom. The van der Waals surface area contributed by atoms with E-state index < -0.39 is 0 Å². The van der Waals surface area contributed by atoms with Gasteiger partial charge in [0, 0.05) is 19.3 Å². The molecule has 0 bridgehead atoms. The summed E-state index contributed by atoms with van der Waals surface area (Å²) < 4.78 is 5.41. The van der Waals surface area contributed by atoms with E-state index in [-0.39, 0.29) is 0 Å². The first kappa shape index (κ1) is 12.1. The second-order valence-corrected chi connectivity index (χ2v) is 5.16. The van der Waals surface area contributed by atoms with Crippen molar-refractivity contribution in [2.24, 2.45) is 0 Å². The monoisotopic (exact) mass is 277 g/mol. The average molecular weight is 277 g/mol. The van der Waals surface area contributed by atoms with Crippen molar-refractivity contribution in [3.05, 3.63) is 66.1 Å². The fraction of sp³-hybridized carbons (Fsp3) is 0.176. The maximum Gasteiger partial charge on any atom is 0.226 e. The van der Waals surface area contributed by atoms with Crippen LogP contribution in [0, 0.1) is 0 Å². The van der Waals surface area contributed by atoms with Crippen molar-refractivity contribution in [2.45, 2.75) is 13.0 Å². The van der Waals surface area contributed by atoms with Gasteiger partial charge in [-0.15, -0.1) is 0 Å². The number of furan rings is 1. The molecule has 4 heteroatoms. The van der Waals surface area contributed by atoms with Crippen LogP contribution in [0.25, 0.3) is 11.5 Å². The number of rotatable bonds is 2. The summed E-state index contributed by atoms with van der Waals surface area (Å²) in [5, 5.41) is 0. The lowest BCUT2D eigenvalue weighted by Gasteiger charge is -2.28. The molecule has 3 heterocycles. The summed E-state index contributed by atoms with van der Waals surface area (Å²) in [5.74, 6) is 1.54. The summed E-state index contributed by atoms with van der Waals surface area (Å²) in [6.07, 6.45) is 4.49. The number of hydrogen-bond donors (Lipinski definition) is 0. The summed E-state index contributed by atoms with van der Waals surface area (Å²) in [7, 11) is 0. The molecule has 1 aliphatic heterocycles. The van der Waals surface area contributed by atoms with E-state index >= 15 is 0 Å². The summed E-state index contributed by atoms with van der Waals surface area (Å²) in [6.45, 7) is 1.80. The van der Waals surface area contributed by atoms with Crippen LogP contribution in [0.15, 0.2) is 59.3 Å². The highest BCUT2D eigenvalue weighted by molar-refractivity contribution is 5.54. The summed E-state index contributed by atoms with van der Waals surface area (Å²) in [6, 6.07) is 14.2. The first-order chi connectivity index (χ1) is 10.4. The van der Waals surface area contributed by atoms with Gasteiger partial charge in [-0.3, -0.25) is 0 Å². The van der Waals surface area contributed by atoms with Crippen molar-refractivity contribution >= 4 is 5.95 Å². The van der Waals surface area contributed by atoms with Gasteiger partial charge in [-0.1, -0.05) is 24.3 Å². The van der Waals surface area contributed by atoms with Crippen molar-refractivity contribution in [3.63, 3.8) is 0 Å². The summed E-state index contributed by atoms with van der Waals surface area (Å²) in [5.41, 5.74) is 3.61. The van der Waals surface area contributed by atoms with Gasteiger partial charge in [-0.25, -0.2) is 9.97 Å². The fourth-order valence-electron chi connectivity index (χ4n) is 2.73. The molecule has 4 rings (SSSR count). The van der Waals surface area contributed by atoms with Gasteiger partial charge in [0.2, 0.25) is 5.95 Å². The summed E-state index contributed by atoms with van der Waals surface area (Å²) in [4.78, 5) is 11.3. The largest absolute Gasteiger partial charge is 0.463 e. The molecular weight excluding hydrogens is 262 g/mol. The van der Waals surface area contributed by atoms with Gasteiger partial charge in [0.25, 0.3) is 0 Å². The van der Waals surface area contributed by atoms with Gasteiger partial charge in [0.05, 0.1) is 6.26 Å². The first-order valence-corrected chi connectivity index (χ1v) is 7.09. The minimum atomic E-state index is 0.762. The molecule has 104 valence electrons. The Bertz CT molecular complexity index is 752. The van der Waals surface area contributed by atoms with Gasteiger partial charge in [-0.05, 0) is 35.7 Å². The lowest BCUT2D eigenvalue weighted by Crippen LogP contribution is -2.31. The van der Waals surface area contributed by atoms with E-state index in [0.717, 1.165) is 36.9 Å². The third-order valence-electron chi connectivity index (χ3n) is 3.83. The lowest BCUT2D eigenvalue weighted by atomic mass is 10.0. The molecule has 1 aliphatic rings. The lowest BCUT2D eigenvalue weighted by molar-refractivity contribution is 0.579. The van der Waals surface area contributed by atoms with E-state index in [1.54, 1.807) is 12.5 Å². The molecule has 0 saturated heterocycles. The predicted octanol–water partition coefficient (Wildman–Crippen LogP) is 3.30. The standard InChI is InChI=1S/C17H15N3O/c1-2-5-14-12-20(10-8-13(14)4-1)17-18-9-7-15(19-17)16-6-3-11-21-16/h1-7,9,11H,8,10,12H2. The smallest absolute Gasteiger partial charge is 0.226 e. The normalized spacial score (nSPS) is 14.0. The number of fused-ring (bicyclic) bond motifs is 1. The van der Waals surface area contributed by atoms with Crippen LogP contribution in [0.1, 0.15) is 11.1 Å². The first-order valence-electron chi connectivity index (χ1n) is 7.09. The number of anilines is 1. The van der Waals surface area contributed by atoms with Crippen molar-refractivity contribution in [1.29, 1.82) is 0 Å². The maximum absolute atomic E-state index is 5.41. The Hall–Kier alpha value is -2.62. The fourth-order valence-corrected chi connectivity index (χ4v) is 2.73. The zero-order valence-electron chi connectivity index (χ0n) is 11.6. The molecule has 0 N–H and O–H groups in total. The Balaban J connectivity index is 1.65. The molecule has 0 saturated carbocycles. The zero-order chi connectivity index (χ0) is 14.1. The molecular formula is C17H15N3O. The van der Waals surface area contributed by atoms with Gasteiger partial charge in [-0.2, -0.15) is 0 Å². The van der Waals surface area contributed by atoms with E-state index in [1.165, 1.54) is 11.1 Å². The third kappa shape index (κ3) is 2.29. The van der Waals surface area contributed by atoms with E-state index in [4.69, 9.17) is 4.42 Å². The van der Waals surface area contributed by atoms with Crippen LogP contribution in [-0.4, -0.2) is 16.5 Å². The quantitative estimate of drug-likeness (QED) is 0.720. The van der Waals surface area contributed by atoms with Crippen molar-refractivity contribution in [1.82, 2.24) is 9.97 Å². The zero-order valence-corrected chi connectivity index (χ0v) is 11.6. The topological polar surface area (TPSA) is 42.2 Å². The number of aromatic nitrogens is 2. The van der Waals surface area contributed by atoms with Crippen LogP contribution in [0.4, 0.5) is 5.95 Å². The molecule has 0 unspecified atom stereocenters. The van der Waals surface area contributed by atoms with Crippen LogP contribution in [-0.2, 0) is 13.0 Å². The molecule has 1 aromatic carbocycles. The molecule has 0 aliphatic carbocycles. The molecule has 4 nitrogen and oxygen atoms in total. The van der Waals surface area contributed by atoms with E-state index in [0.29, 0.717) is 0 Å². The van der Waals surface area contributed by atoms with Crippen LogP contribution >= 0.6 is 0 Å². The SMILES string of the molecule is c1coc(-c2ccnc(N3CCc4ccccc4C3)n2)c1. The number of benzene rings is 1. The molecule has 0 atom stereocenters. The molecule has 0 fully saturated rings. The number of hydrogen-bond acceptors (Lipinski definition) is 4. The van der Waals surface area contributed by atoms with Gasteiger partial charge in [0.15, 0.2) is 5.76 Å². The van der Waals surface area contributed by atoms with E-state index in [2.05, 4.69) is 39.1 Å². The van der Waals surface area contributed by atoms with Crippen molar-refractivity contribution in [2.75, 3.05) is 11.4 Å². The highest BCUT2D eigenvalue weighted by atomic mass is 16.3. The molecule has 21 heavy (non-hydrogen) atoms. The van der Waals surface area contributed by atoms with Crippen LogP contribution < -0.4 is 4.90 Å². The molecule has 0 radical (unpaired) electrons. The Morgan fingerprint density at radius 2 is 1.90 bits per heavy atom. The highest BCUT2D eigenvalue weighted by Crippen LogP contribution is 2.24. The Labute approximate surface area is 123 Å². The van der Waals surface area contributed by atoms with Gasteiger partial charge >= 0.3 is 0 Å². The van der Waals surface area contributed by atoms with Crippen LogP contribution in [0.2, 0.25) is 0 Å². The third-order valence-corrected chi connectivity index (χ3v) is 3.83. The average Bonchev–Trinajstić information content (AvgIpc) is 3.09. The van der Waals surface area contributed by atoms with Crippen LogP contribution in [0.3, 0.4) is 0 Å². The maximum atomic E-state index is 5.41. The van der Waals surface area contributed by atoms with E-state index in [1.807, 2.05) is 18.2 Å². The molecule has 0 amide bonds. The van der Waals surface area contributed by atoms with Gasteiger partial charge in [0.1, 0.15) is 5.69 Å². The predicted molar refractivity (Wildman–Crippen MR) is 80.9 cm³/mol. The second kappa shape index (κ2) is 5.05. The minimum absolute atomic E-state index is 0.762. The minimum Gasteiger partial charge on any atom is -0.463 e. The highest BCUT2D eigenvalue weighted by Gasteiger charge is 2.18. The number of nitrogens with zero attached hydrogens (tertiary/aromatic N) is 3. The molecule has 3 aromatic rings. The van der Waals surface area contributed by atoms with Crippen molar-refractivity contribution < 1.29 is 4.42 Å². The Kier molecular flexibility index (Phi) is 2.92. The van der Waals surface area contributed by atoms with Crippen LogP contribution in [0.5, 0.6) is 0 Å². The van der Waals surface area contributed by atoms with Crippen molar-refractivity contribution in [3.8, 4) is 11.5 Å². The van der Waals surface area contributed by atoms with E-state index in [9.17, 15) is 0 Å². The molecule has 2 aromatic heterocycles. The Morgan fingerprint density at radius 3 is 2.76 bits per heavy atom. The van der Waals surface area contributed by atoms with Gasteiger partial charge < -0.3 is 9.32 Å². The second-order valence-electron chi connectivity index (χ2n) is 5.16. The molecule has 0 spiro atoms.